The van der Waals surface area contributed by atoms with Crippen molar-refractivity contribution in [3.8, 4) is 0 Å². The number of nitrogens with one attached hydrogen (secondary N) is 1. The van der Waals surface area contributed by atoms with Gasteiger partial charge in [-0.1, -0.05) is 23.7 Å². The van der Waals surface area contributed by atoms with Gasteiger partial charge in [0.1, 0.15) is 5.82 Å². The smallest absolute Gasteiger partial charge is 0.248 e. The summed E-state index contributed by atoms with van der Waals surface area (Å²) in [7, 11) is 0. The van der Waals surface area contributed by atoms with Crippen LogP contribution >= 0.6 is 11.6 Å². The highest BCUT2D eigenvalue weighted by Gasteiger charge is 2.11. The van der Waals surface area contributed by atoms with Gasteiger partial charge in [0.15, 0.2) is 5.82 Å². The fraction of sp³-hybridized carbons (Fsp3) is 0. The topological polar surface area (TPSA) is 55.1 Å². The Bertz CT molecular complexity index is 676. The molecule has 0 aromatic heterocycles. The van der Waals surface area contributed by atoms with Crippen molar-refractivity contribution in [2.24, 2.45) is 0 Å². The molecular weight excluding hydrogens is 298 g/mol. The molecule has 0 heterocycles. The molecule has 2 aromatic rings. The highest BCUT2D eigenvalue weighted by molar-refractivity contribution is 6.33. The number of nitrogens with two attached hydrogens (primary N) is 1. The van der Waals surface area contributed by atoms with Crippen LogP contribution in [0.4, 0.5) is 20.2 Å². The Balaban J connectivity index is 2.10. The van der Waals surface area contributed by atoms with Crippen LogP contribution in [0, 0.1) is 11.6 Å². The quantitative estimate of drug-likeness (QED) is 0.668. The zero-order chi connectivity index (χ0) is 15.4. The molecule has 0 radical (unpaired) electrons. The first-order valence-corrected chi connectivity index (χ1v) is 6.32. The first-order valence-electron chi connectivity index (χ1n) is 5.95. The van der Waals surface area contributed by atoms with Gasteiger partial charge in [-0.3, -0.25) is 4.79 Å². The molecule has 21 heavy (non-hydrogen) atoms. The first kappa shape index (κ1) is 15.0. The standard InChI is InChI=1S/C15H11ClF2N2O/c16-12-7-10(17)8-13(18)15(12)20-14(21)6-3-9-1-4-11(19)5-2-9/h1-8H,19H2,(H,20,21)/b6-3+. The van der Waals surface area contributed by atoms with Crippen molar-refractivity contribution in [3.63, 3.8) is 0 Å². The van der Waals surface area contributed by atoms with E-state index in [-0.39, 0.29) is 10.7 Å². The van der Waals surface area contributed by atoms with Crippen molar-refractivity contribution < 1.29 is 13.6 Å². The van der Waals surface area contributed by atoms with Crippen LogP contribution in [0.5, 0.6) is 0 Å². The fourth-order valence-corrected chi connectivity index (χ4v) is 1.85. The number of carbonyl (C=O) groups excluding carboxylic acids is 1. The lowest BCUT2D eigenvalue weighted by Crippen LogP contribution is -2.10. The van der Waals surface area contributed by atoms with E-state index in [4.69, 9.17) is 17.3 Å². The summed E-state index contributed by atoms with van der Waals surface area (Å²) in [6.45, 7) is 0. The summed E-state index contributed by atoms with van der Waals surface area (Å²) in [6, 6.07) is 8.40. The Kier molecular flexibility index (Phi) is 4.55. The molecule has 0 aliphatic carbocycles. The Hall–Kier alpha value is -2.40. The van der Waals surface area contributed by atoms with Crippen molar-refractivity contribution >= 4 is 35.0 Å². The third kappa shape index (κ3) is 4.03. The van der Waals surface area contributed by atoms with Crippen molar-refractivity contribution in [3.05, 3.63) is 64.7 Å². The number of hydrogen-bond donors (Lipinski definition) is 2. The third-order valence-electron chi connectivity index (χ3n) is 2.62. The van der Waals surface area contributed by atoms with Crippen LogP contribution in [-0.2, 0) is 4.79 Å². The van der Waals surface area contributed by atoms with Gasteiger partial charge in [0, 0.05) is 17.8 Å². The lowest BCUT2D eigenvalue weighted by atomic mass is 10.2. The number of rotatable bonds is 3. The summed E-state index contributed by atoms with van der Waals surface area (Å²) >= 11 is 5.68. The maximum absolute atomic E-state index is 13.5. The third-order valence-corrected chi connectivity index (χ3v) is 2.92. The minimum absolute atomic E-state index is 0.207. The summed E-state index contributed by atoms with van der Waals surface area (Å²) < 4.78 is 26.4. The first-order chi connectivity index (χ1) is 9.95. The lowest BCUT2D eigenvalue weighted by molar-refractivity contribution is -0.111. The van der Waals surface area contributed by atoms with Crippen molar-refractivity contribution in [2.45, 2.75) is 0 Å². The van der Waals surface area contributed by atoms with E-state index in [2.05, 4.69) is 5.32 Å². The van der Waals surface area contributed by atoms with Crippen LogP contribution in [0.25, 0.3) is 6.08 Å². The van der Waals surface area contributed by atoms with Crippen LogP contribution in [-0.4, -0.2) is 5.91 Å². The molecule has 2 rings (SSSR count). The molecule has 0 spiro atoms. The van der Waals surface area contributed by atoms with E-state index < -0.39 is 17.5 Å². The fourth-order valence-electron chi connectivity index (χ4n) is 1.61. The van der Waals surface area contributed by atoms with E-state index in [0.29, 0.717) is 11.8 Å². The van der Waals surface area contributed by atoms with E-state index in [1.807, 2.05) is 0 Å². The number of hydrogen-bond acceptors (Lipinski definition) is 2. The SMILES string of the molecule is Nc1ccc(/C=C/C(=O)Nc2c(F)cc(F)cc2Cl)cc1. The van der Waals surface area contributed by atoms with Gasteiger partial charge < -0.3 is 11.1 Å². The Morgan fingerprint density at radius 2 is 1.86 bits per heavy atom. The Morgan fingerprint density at radius 1 is 1.19 bits per heavy atom. The maximum atomic E-state index is 13.5. The van der Waals surface area contributed by atoms with Gasteiger partial charge in [-0.05, 0) is 29.8 Å². The number of amides is 1. The Morgan fingerprint density at radius 3 is 2.48 bits per heavy atom. The number of halogens is 3. The minimum atomic E-state index is -0.936. The predicted molar refractivity (Wildman–Crippen MR) is 79.9 cm³/mol. The van der Waals surface area contributed by atoms with E-state index in [0.717, 1.165) is 11.6 Å². The van der Waals surface area contributed by atoms with Crippen molar-refractivity contribution in [2.75, 3.05) is 11.1 Å². The second kappa shape index (κ2) is 6.37. The van der Waals surface area contributed by atoms with Crippen LogP contribution in [0.1, 0.15) is 5.56 Å². The average molecular weight is 309 g/mol. The van der Waals surface area contributed by atoms with Gasteiger partial charge in [-0.25, -0.2) is 8.78 Å². The number of anilines is 2. The van der Waals surface area contributed by atoms with Gasteiger partial charge in [0.2, 0.25) is 5.91 Å². The molecule has 0 bridgehead atoms. The molecule has 0 unspecified atom stereocenters. The monoisotopic (exact) mass is 308 g/mol. The second-order valence-corrected chi connectivity index (χ2v) is 4.64. The number of carbonyl (C=O) groups is 1. The molecule has 0 atom stereocenters. The van der Waals surface area contributed by atoms with E-state index >= 15 is 0 Å². The molecule has 0 saturated carbocycles. The normalized spacial score (nSPS) is 10.8. The summed E-state index contributed by atoms with van der Waals surface area (Å²) in [5.41, 5.74) is 6.64. The van der Waals surface area contributed by atoms with E-state index in [9.17, 15) is 13.6 Å². The Labute approximate surface area is 125 Å². The minimum Gasteiger partial charge on any atom is -0.399 e. The molecule has 0 aliphatic rings. The summed E-state index contributed by atoms with van der Waals surface area (Å²) in [5, 5.41) is 2.06. The number of benzene rings is 2. The van der Waals surface area contributed by atoms with E-state index in [1.165, 1.54) is 12.2 Å². The predicted octanol–water partition coefficient (Wildman–Crippen LogP) is 3.85. The van der Waals surface area contributed by atoms with Gasteiger partial charge in [-0.2, -0.15) is 0 Å². The zero-order valence-electron chi connectivity index (χ0n) is 10.7. The highest BCUT2D eigenvalue weighted by Crippen LogP contribution is 2.26. The molecule has 3 nitrogen and oxygen atoms in total. The summed E-state index contributed by atoms with van der Waals surface area (Å²) in [5.74, 6) is -2.33. The maximum Gasteiger partial charge on any atom is 0.248 e. The molecule has 1 amide bonds. The molecule has 6 heteroatoms. The van der Waals surface area contributed by atoms with Gasteiger partial charge in [0.05, 0.1) is 10.7 Å². The molecule has 0 aliphatic heterocycles. The molecule has 0 fully saturated rings. The lowest BCUT2D eigenvalue weighted by Gasteiger charge is -2.06. The van der Waals surface area contributed by atoms with Crippen LogP contribution in [0.15, 0.2) is 42.5 Å². The van der Waals surface area contributed by atoms with Crippen LogP contribution in [0.3, 0.4) is 0 Å². The summed E-state index contributed by atoms with van der Waals surface area (Å²) in [4.78, 5) is 11.7. The second-order valence-electron chi connectivity index (χ2n) is 4.23. The van der Waals surface area contributed by atoms with Gasteiger partial charge in [-0.15, -0.1) is 0 Å². The molecule has 0 saturated heterocycles. The van der Waals surface area contributed by atoms with E-state index in [1.54, 1.807) is 24.3 Å². The van der Waals surface area contributed by atoms with Crippen molar-refractivity contribution in [1.29, 1.82) is 0 Å². The molecular formula is C15H11ClF2N2O. The van der Waals surface area contributed by atoms with Crippen LogP contribution < -0.4 is 11.1 Å². The molecule has 3 N–H and O–H groups in total. The number of nitrogen functional groups attached to an aromatic ring is 1. The van der Waals surface area contributed by atoms with Gasteiger partial charge >= 0.3 is 0 Å². The zero-order valence-corrected chi connectivity index (χ0v) is 11.5. The van der Waals surface area contributed by atoms with Gasteiger partial charge in [0.25, 0.3) is 0 Å². The molecule has 2 aromatic carbocycles. The molecule has 108 valence electrons. The largest absolute Gasteiger partial charge is 0.399 e. The van der Waals surface area contributed by atoms with Crippen molar-refractivity contribution in [1.82, 2.24) is 0 Å². The highest BCUT2D eigenvalue weighted by atomic mass is 35.5. The average Bonchev–Trinajstić information content (AvgIpc) is 2.42. The van der Waals surface area contributed by atoms with Crippen LogP contribution in [0.2, 0.25) is 5.02 Å². The summed E-state index contributed by atoms with van der Waals surface area (Å²) in [6.07, 6.45) is 2.74.